The molecule has 1 aromatic carbocycles. The van der Waals surface area contributed by atoms with Gasteiger partial charge < -0.3 is 10.2 Å². The fourth-order valence-electron chi connectivity index (χ4n) is 3.65. The highest BCUT2D eigenvalue weighted by Gasteiger charge is 2.30. The Bertz CT molecular complexity index is 1390. The number of anilines is 3. The first-order chi connectivity index (χ1) is 16.8. The zero-order valence-electron chi connectivity index (χ0n) is 18.5. The zero-order valence-corrected chi connectivity index (χ0v) is 19.3. The summed E-state index contributed by atoms with van der Waals surface area (Å²) in [5.41, 5.74) is 1.43. The van der Waals surface area contributed by atoms with Crippen LogP contribution in [-0.4, -0.2) is 33.4 Å². The van der Waals surface area contributed by atoms with Crippen LogP contribution in [-0.2, 0) is 4.79 Å². The molecule has 0 atom stereocenters. The van der Waals surface area contributed by atoms with Crippen LogP contribution >= 0.6 is 12.2 Å². The number of nitrogens with one attached hydrogen (secondary N) is 1. The maximum Gasteiger partial charge on any atom is 0.258 e. The first kappa shape index (κ1) is 23.8. The molecule has 8 nitrogen and oxygen atoms in total. The molecular formula is C24H18F2N6O2S. The third-order valence-corrected chi connectivity index (χ3v) is 5.75. The third kappa shape index (κ3) is 4.97. The number of carbonyl (C=O) groups excluding carboxylic acids is 2. The minimum atomic E-state index is -0.815. The number of carbonyl (C=O) groups is 2. The lowest BCUT2D eigenvalue weighted by atomic mass is 10.1. The van der Waals surface area contributed by atoms with Crippen molar-refractivity contribution in [1.82, 2.24) is 9.97 Å². The fraction of sp³-hybridized carbons (Fsp3) is 0.167. The van der Waals surface area contributed by atoms with Crippen molar-refractivity contribution in [3.63, 3.8) is 0 Å². The van der Waals surface area contributed by atoms with E-state index in [-0.39, 0.29) is 34.4 Å². The van der Waals surface area contributed by atoms with E-state index in [2.05, 4.69) is 15.3 Å². The zero-order chi connectivity index (χ0) is 25.1. The van der Waals surface area contributed by atoms with E-state index in [1.807, 2.05) is 6.07 Å². The van der Waals surface area contributed by atoms with Crippen LogP contribution in [0.3, 0.4) is 0 Å². The summed E-state index contributed by atoms with van der Waals surface area (Å²) in [6.07, 6.45) is 4.30. The standard InChI is InChI=1S/C24H18F2N6O2S/c1-14-7-18(13-29-21(14)10-27)32-22(33)3-2-6-31(24(32)35)17-4-5-19(20(26)9-17)23(34)30-16-8-15(25)11-28-12-16/h4-5,7-9,11-13H,2-3,6H2,1H3,(H,30,34). The number of nitriles is 1. The molecule has 0 radical (unpaired) electrons. The summed E-state index contributed by atoms with van der Waals surface area (Å²) in [7, 11) is 0. The molecule has 3 aromatic rings. The van der Waals surface area contributed by atoms with Gasteiger partial charge in [-0.2, -0.15) is 5.26 Å². The van der Waals surface area contributed by atoms with Gasteiger partial charge in [0.05, 0.1) is 35.5 Å². The lowest BCUT2D eigenvalue weighted by Crippen LogP contribution is -2.44. The van der Waals surface area contributed by atoms with Crippen molar-refractivity contribution < 1.29 is 18.4 Å². The summed E-state index contributed by atoms with van der Waals surface area (Å²) in [4.78, 5) is 36.0. The van der Waals surface area contributed by atoms with E-state index in [0.29, 0.717) is 29.9 Å². The Kier molecular flexibility index (Phi) is 6.75. The average molecular weight is 493 g/mol. The van der Waals surface area contributed by atoms with Gasteiger partial charge in [0.1, 0.15) is 23.4 Å². The van der Waals surface area contributed by atoms with Gasteiger partial charge in [-0.05, 0) is 55.4 Å². The number of halogens is 2. The molecule has 0 saturated carbocycles. The third-order valence-electron chi connectivity index (χ3n) is 5.34. The van der Waals surface area contributed by atoms with E-state index in [1.165, 1.54) is 29.4 Å². The van der Waals surface area contributed by atoms with Gasteiger partial charge in [0, 0.05) is 24.7 Å². The Labute approximate surface area is 204 Å². The molecule has 3 heterocycles. The number of hydrogen-bond donors (Lipinski definition) is 1. The number of aromatic nitrogens is 2. The van der Waals surface area contributed by atoms with E-state index < -0.39 is 17.5 Å². The predicted octanol–water partition coefficient (Wildman–Crippen LogP) is 4.11. The number of rotatable bonds is 4. The molecule has 11 heteroatoms. The molecule has 0 bridgehead atoms. The second-order valence-electron chi connectivity index (χ2n) is 7.75. The molecule has 176 valence electrons. The second-order valence-corrected chi connectivity index (χ2v) is 8.11. The molecule has 4 rings (SSSR count). The fourth-order valence-corrected chi connectivity index (χ4v) is 4.06. The lowest BCUT2D eigenvalue weighted by Gasteiger charge is -2.29. The van der Waals surface area contributed by atoms with Crippen molar-refractivity contribution >= 4 is 46.2 Å². The number of thiocarbonyl (C=S) groups is 1. The molecule has 0 aliphatic carbocycles. The maximum atomic E-state index is 15.0. The summed E-state index contributed by atoms with van der Waals surface area (Å²) in [5.74, 6) is -2.47. The minimum Gasteiger partial charge on any atom is -0.320 e. The first-order valence-corrected chi connectivity index (χ1v) is 10.9. The molecule has 1 fully saturated rings. The topological polar surface area (TPSA) is 102 Å². The van der Waals surface area contributed by atoms with Crippen LogP contribution in [0, 0.1) is 29.9 Å². The van der Waals surface area contributed by atoms with Gasteiger partial charge in [-0.25, -0.2) is 13.8 Å². The minimum absolute atomic E-state index is 0.0904. The second kappa shape index (κ2) is 9.90. The SMILES string of the molecule is Cc1cc(N2C(=O)CCCN(c3ccc(C(=O)Nc4cncc(F)c4)c(F)c3)C2=S)cnc1C#N. The molecule has 1 N–H and O–H groups in total. The van der Waals surface area contributed by atoms with Gasteiger partial charge in [-0.15, -0.1) is 0 Å². The average Bonchev–Trinajstić information content (AvgIpc) is 2.96. The highest BCUT2D eigenvalue weighted by atomic mass is 32.1. The van der Waals surface area contributed by atoms with E-state index in [0.717, 1.165) is 18.3 Å². The summed E-state index contributed by atoms with van der Waals surface area (Å²) in [6.45, 7) is 2.06. The molecule has 1 aliphatic rings. The van der Waals surface area contributed by atoms with Crippen LogP contribution in [0.4, 0.5) is 25.8 Å². The van der Waals surface area contributed by atoms with Crippen LogP contribution in [0.2, 0.25) is 0 Å². The van der Waals surface area contributed by atoms with E-state index in [1.54, 1.807) is 17.9 Å². The Morgan fingerprint density at radius 1 is 1.17 bits per heavy atom. The highest BCUT2D eigenvalue weighted by Crippen LogP contribution is 2.27. The summed E-state index contributed by atoms with van der Waals surface area (Å²) < 4.78 is 28.3. The van der Waals surface area contributed by atoms with Crippen molar-refractivity contribution in [2.24, 2.45) is 0 Å². The van der Waals surface area contributed by atoms with Crippen molar-refractivity contribution in [1.29, 1.82) is 5.26 Å². The van der Waals surface area contributed by atoms with Crippen LogP contribution < -0.4 is 15.1 Å². The Morgan fingerprint density at radius 2 is 1.97 bits per heavy atom. The lowest BCUT2D eigenvalue weighted by molar-refractivity contribution is -0.117. The number of aryl methyl sites for hydroxylation is 1. The number of nitrogens with zero attached hydrogens (tertiary/aromatic N) is 5. The van der Waals surface area contributed by atoms with Gasteiger partial charge in [-0.3, -0.25) is 19.5 Å². The van der Waals surface area contributed by atoms with Gasteiger partial charge in [-0.1, -0.05) is 0 Å². The number of pyridine rings is 2. The molecule has 0 unspecified atom stereocenters. The molecule has 2 aromatic heterocycles. The Balaban J connectivity index is 1.61. The maximum absolute atomic E-state index is 15.0. The predicted molar refractivity (Wildman–Crippen MR) is 129 cm³/mol. The normalized spacial score (nSPS) is 13.9. The Morgan fingerprint density at radius 3 is 2.66 bits per heavy atom. The molecule has 1 aliphatic heterocycles. The van der Waals surface area contributed by atoms with Crippen LogP contribution in [0.15, 0.2) is 48.9 Å². The number of hydrogen-bond acceptors (Lipinski definition) is 6. The van der Waals surface area contributed by atoms with Crippen molar-refractivity contribution in [3.8, 4) is 6.07 Å². The van der Waals surface area contributed by atoms with Gasteiger partial charge in [0.15, 0.2) is 5.11 Å². The summed E-state index contributed by atoms with van der Waals surface area (Å²) >= 11 is 5.60. The smallest absolute Gasteiger partial charge is 0.258 e. The monoisotopic (exact) mass is 492 g/mol. The van der Waals surface area contributed by atoms with Crippen LogP contribution in [0.5, 0.6) is 0 Å². The molecule has 1 saturated heterocycles. The van der Waals surface area contributed by atoms with Crippen LogP contribution in [0.1, 0.15) is 34.5 Å². The largest absolute Gasteiger partial charge is 0.320 e. The van der Waals surface area contributed by atoms with Gasteiger partial charge in [0.25, 0.3) is 5.91 Å². The summed E-state index contributed by atoms with van der Waals surface area (Å²) in [5, 5.41) is 11.7. The number of benzene rings is 1. The molecular weight excluding hydrogens is 474 g/mol. The van der Waals surface area contributed by atoms with E-state index >= 15 is 0 Å². The van der Waals surface area contributed by atoms with Crippen molar-refractivity contribution in [2.45, 2.75) is 19.8 Å². The molecule has 2 amide bonds. The van der Waals surface area contributed by atoms with Crippen molar-refractivity contribution in [3.05, 3.63) is 77.4 Å². The van der Waals surface area contributed by atoms with Crippen molar-refractivity contribution in [2.75, 3.05) is 21.7 Å². The number of amides is 2. The Hall–Kier alpha value is -4.30. The highest BCUT2D eigenvalue weighted by molar-refractivity contribution is 7.81. The van der Waals surface area contributed by atoms with E-state index in [9.17, 15) is 18.4 Å². The summed E-state index contributed by atoms with van der Waals surface area (Å²) in [6, 6.07) is 8.66. The molecule has 0 spiro atoms. The van der Waals surface area contributed by atoms with Gasteiger partial charge in [0.2, 0.25) is 5.91 Å². The van der Waals surface area contributed by atoms with Crippen LogP contribution in [0.25, 0.3) is 0 Å². The first-order valence-electron chi connectivity index (χ1n) is 10.5. The van der Waals surface area contributed by atoms with E-state index in [4.69, 9.17) is 17.5 Å². The van der Waals surface area contributed by atoms with Gasteiger partial charge >= 0.3 is 0 Å². The quantitative estimate of drug-likeness (QED) is 0.547. The molecule has 35 heavy (non-hydrogen) atoms.